The number of amides is 6. The molecule has 8 atom stereocenters. The fourth-order valence-corrected chi connectivity index (χ4v) is 4.31. The third kappa shape index (κ3) is 14.9. The molecule has 12 N–H and O–H groups in total. The lowest BCUT2D eigenvalue weighted by molar-refractivity contribution is -0.137. The minimum absolute atomic E-state index is 0.105. The molecule has 17 heteroatoms. The molecule has 0 heterocycles. The largest absolute Gasteiger partial charge is 0.394 e. The van der Waals surface area contributed by atoms with E-state index in [2.05, 4.69) is 36.9 Å². The van der Waals surface area contributed by atoms with Gasteiger partial charge in [0.2, 0.25) is 35.4 Å². The van der Waals surface area contributed by atoms with Crippen LogP contribution in [0.2, 0.25) is 0 Å². The number of aliphatic imine (C=N–C) groups is 1. The van der Waals surface area contributed by atoms with Crippen molar-refractivity contribution in [3.05, 3.63) is 0 Å². The first-order valence-corrected chi connectivity index (χ1v) is 15.6. The average Bonchev–Trinajstić information content (AvgIpc) is 2.99. The lowest BCUT2D eigenvalue weighted by Gasteiger charge is -2.29. The summed E-state index contributed by atoms with van der Waals surface area (Å²) in [5.74, 6) is -5.00. The van der Waals surface area contributed by atoms with Crippen molar-refractivity contribution in [2.75, 3.05) is 19.7 Å². The Morgan fingerprint density at radius 2 is 1.17 bits per heavy atom. The molecular weight excluding hydrogens is 602 g/mol. The predicted octanol–water partition coefficient (Wildman–Crippen LogP) is -2.91. The highest BCUT2D eigenvalue weighted by molar-refractivity contribution is 5.96. The van der Waals surface area contributed by atoms with E-state index in [-0.39, 0.29) is 24.8 Å². The van der Waals surface area contributed by atoms with Crippen molar-refractivity contribution in [3.8, 4) is 0 Å². The van der Waals surface area contributed by atoms with Gasteiger partial charge in [-0.05, 0) is 38.5 Å². The van der Waals surface area contributed by atoms with Gasteiger partial charge in [0.15, 0.2) is 5.96 Å². The number of guanidine groups is 1. The molecule has 17 nitrogen and oxygen atoms in total. The Hall–Kier alpha value is -3.99. The Morgan fingerprint density at radius 1 is 0.696 bits per heavy atom. The van der Waals surface area contributed by atoms with Crippen molar-refractivity contribution in [3.63, 3.8) is 0 Å². The van der Waals surface area contributed by atoms with Crippen LogP contribution in [0.15, 0.2) is 4.99 Å². The molecule has 0 saturated carbocycles. The third-order valence-corrected chi connectivity index (χ3v) is 7.45. The maximum Gasteiger partial charge on any atom is 0.245 e. The Bertz CT molecular complexity index is 1050. The number of nitrogens with zero attached hydrogens (tertiary/aromatic N) is 1. The first kappa shape index (κ1) is 42.0. The first-order valence-electron chi connectivity index (χ1n) is 15.6. The maximum atomic E-state index is 13.4. The Balaban J connectivity index is 5.83. The Kier molecular flexibility index (Phi) is 19.8. The van der Waals surface area contributed by atoms with Crippen LogP contribution in [0.5, 0.6) is 0 Å². The summed E-state index contributed by atoms with van der Waals surface area (Å²) in [4.78, 5) is 80.9. The third-order valence-electron chi connectivity index (χ3n) is 7.45. The molecule has 46 heavy (non-hydrogen) atoms. The van der Waals surface area contributed by atoms with E-state index in [1.807, 2.05) is 6.92 Å². The second-order valence-corrected chi connectivity index (χ2v) is 11.3. The van der Waals surface area contributed by atoms with Crippen LogP contribution in [-0.4, -0.2) is 108 Å². The molecule has 0 spiro atoms. The molecule has 0 fully saturated rings. The number of rotatable bonds is 21. The van der Waals surface area contributed by atoms with Gasteiger partial charge in [0, 0.05) is 20.0 Å². The summed E-state index contributed by atoms with van der Waals surface area (Å²) < 4.78 is 0. The number of hydrogen-bond donors (Lipinski definition) is 10. The normalized spacial score (nSPS) is 16.1. The summed E-state index contributed by atoms with van der Waals surface area (Å²) in [6.45, 7) is 11.0. The highest BCUT2D eigenvalue weighted by atomic mass is 16.3. The molecule has 0 aliphatic carbocycles. The molecule has 6 amide bonds. The van der Waals surface area contributed by atoms with Gasteiger partial charge in [0.25, 0.3) is 0 Å². The van der Waals surface area contributed by atoms with E-state index in [0.29, 0.717) is 25.8 Å². The van der Waals surface area contributed by atoms with Gasteiger partial charge in [0.05, 0.1) is 12.7 Å². The van der Waals surface area contributed by atoms with Crippen molar-refractivity contribution in [2.45, 2.75) is 110 Å². The van der Waals surface area contributed by atoms with Crippen LogP contribution in [0.4, 0.5) is 0 Å². The standard InChI is InChI=1S/C29H55N9O8/c1-8-15(4)21(34-18(7)41)27(45)38-23(17(6)40)28(46)36-20(14-39)25(43)37-22(16(5)9-2)26(44)35-19(24(42)32-10-3)12-11-13-33-29(30)31/h15-17,19-23,39-40H,8-14H2,1-7H3,(H,32,42)(H,34,41)(H,35,44)(H,36,46)(H,37,43)(H,38,45)(H4,30,31,33)/t15-,16-,17+,19-,20-,21+,22-,23-/m0/s1. The zero-order valence-electron chi connectivity index (χ0n) is 28.0. The molecule has 0 saturated heterocycles. The van der Waals surface area contributed by atoms with Crippen molar-refractivity contribution in [1.82, 2.24) is 31.9 Å². The summed E-state index contributed by atoms with van der Waals surface area (Å²) in [5.41, 5.74) is 10.7. The summed E-state index contributed by atoms with van der Waals surface area (Å²) in [7, 11) is 0. The molecule has 0 unspecified atom stereocenters. The number of carbonyl (C=O) groups excluding carboxylic acids is 6. The zero-order valence-corrected chi connectivity index (χ0v) is 28.0. The topological polar surface area (TPSA) is 279 Å². The molecule has 0 aliphatic rings. The van der Waals surface area contributed by atoms with Crippen LogP contribution in [0, 0.1) is 11.8 Å². The van der Waals surface area contributed by atoms with Crippen molar-refractivity contribution >= 4 is 41.4 Å². The van der Waals surface area contributed by atoms with Gasteiger partial charge in [-0.1, -0.05) is 40.5 Å². The maximum absolute atomic E-state index is 13.4. The van der Waals surface area contributed by atoms with Crippen LogP contribution in [0.25, 0.3) is 0 Å². The van der Waals surface area contributed by atoms with Crippen molar-refractivity contribution < 1.29 is 39.0 Å². The number of carbonyl (C=O) groups is 6. The average molecular weight is 658 g/mol. The van der Waals surface area contributed by atoms with E-state index >= 15 is 0 Å². The second kappa shape index (κ2) is 21.7. The number of nitrogens with two attached hydrogens (primary N) is 2. The minimum atomic E-state index is -1.57. The quantitative estimate of drug-likeness (QED) is 0.0341. The molecule has 0 aromatic carbocycles. The monoisotopic (exact) mass is 657 g/mol. The number of aliphatic hydroxyl groups is 2. The molecule has 0 aromatic heterocycles. The molecule has 0 aliphatic heterocycles. The van der Waals surface area contributed by atoms with Gasteiger partial charge in [-0.15, -0.1) is 0 Å². The molecule has 264 valence electrons. The summed E-state index contributed by atoms with van der Waals surface area (Å²) in [6.07, 6.45) is 0.147. The fraction of sp³-hybridized carbons (Fsp3) is 0.759. The molecule has 0 aromatic rings. The van der Waals surface area contributed by atoms with Gasteiger partial charge in [-0.25, -0.2) is 0 Å². The van der Waals surface area contributed by atoms with Crippen LogP contribution in [0.3, 0.4) is 0 Å². The SMILES string of the molecule is CCNC(=O)[C@H](CCCN=C(N)N)NC(=O)[C@@H](NC(=O)[C@H](CO)NC(=O)[C@@H](NC(=O)[C@H](NC(C)=O)[C@@H](C)CC)[C@@H](C)O)[C@@H](C)CC. The van der Waals surface area contributed by atoms with E-state index in [9.17, 15) is 39.0 Å². The highest BCUT2D eigenvalue weighted by Gasteiger charge is 2.35. The van der Waals surface area contributed by atoms with E-state index in [0.717, 1.165) is 0 Å². The summed E-state index contributed by atoms with van der Waals surface area (Å²) >= 11 is 0. The number of nitrogens with one attached hydrogen (secondary N) is 6. The summed E-state index contributed by atoms with van der Waals surface area (Å²) in [5, 5.41) is 35.4. The van der Waals surface area contributed by atoms with Gasteiger partial charge < -0.3 is 53.6 Å². The predicted molar refractivity (Wildman–Crippen MR) is 172 cm³/mol. The molecule has 0 bridgehead atoms. The smallest absolute Gasteiger partial charge is 0.245 e. The fourth-order valence-electron chi connectivity index (χ4n) is 4.31. The van der Waals surface area contributed by atoms with Crippen molar-refractivity contribution in [2.24, 2.45) is 28.3 Å². The van der Waals surface area contributed by atoms with Gasteiger partial charge in [-0.2, -0.15) is 0 Å². The highest BCUT2D eigenvalue weighted by Crippen LogP contribution is 2.11. The van der Waals surface area contributed by atoms with Crippen molar-refractivity contribution in [1.29, 1.82) is 0 Å². The van der Waals surface area contributed by atoms with E-state index in [4.69, 9.17) is 11.5 Å². The van der Waals surface area contributed by atoms with E-state index in [1.165, 1.54) is 13.8 Å². The second-order valence-electron chi connectivity index (χ2n) is 11.3. The molecular formula is C29H55N9O8. The van der Waals surface area contributed by atoms with E-state index in [1.54, 1.807) is 27.7 Å². The van der Waals surface area contributed by atoms with Gasteiger partial charge in [0.1, 0.15) is 30.2 Å². The van der Waals surface area contributed by atoms with Crippen LogP contribution >= 0.6 is 0 Å². The van der Waals surface area contributed by atoms with Crippen LogP contribution in [-0.2, 0) is 28.8 Å². The van der Waals surface area contributed by atoms with Crippen LogP contribution < -0.4 is 43.4 Å². The number of hydrogen-bond acceptors (Lipinski definition) is 9. The zero-order chi connectivity index (χ0) is 35.6. The van der Waals surface area contributed by atoms with Gasteiger partial charge >= 0.3 is 0 Å². The summed E-state index contributed by atoms with van der Waals surface area (Å²) in [6, 6.07) is -6.20. The lowest BCUT2D eigenvalue weighted by Crippen LogP contribution is -2.62. The van der Waals surface area contributed by atoms with Gasteiger partial charge in [-0.3, -0.25) is 33.8 Å². The molecule has 0 radical (unpaired) electrons. The first-order chi connectivity index (χ1) is 21.5. The Labute approximate surface area is 270 Å². The number of likely N-dealkylation sites (N-methyl/N-ethyl adjacent to an activating group) is 1. The lowest BCUT2D eigenvalue weighted by atomic mass is 9.97. The van der Waals surface area contributed by atoms with E-state index < -0.39 is 84.3 Å². The van der Waals surface area contributed by atoms with Crippen LogP contribution in [0.1, 0.15) is 74.1 Å². The Morgan fingerprint density at radius 3 is 1.63 bits per heavy atom. The number of aliphatic hydroxyl groups excluding tert-OH is 2. The minimum Gasteiger partial charge on any atom is -0.394 e. The molecule has 0 rings (SSSR count).